The molecule has 150 valence electrons. The molecule has 1 saturated heterocycles. The van der Waals surface area contributed by atoms with E-state index in [0.717, 1.165) is 11.5 Å². The molecule has 5 heterocycles. The Hall–Kier alpha value is -3.84. The topological polar surface area (TPSA) is 118 Å². The maximum Gasteiger partial charge on any atom is 0.247 e. The third kappa shape index (κ3) is 3.25. The number of aryl methyl sites for hydroxylation is 1. The third-order valence-corrected chi connectivity index (χ3v) is 4.91. The number of nitriles is 1. The maximum atomic E-state index is 9.20. The van der Waals surface area contributed by atoms with Crippen LogP contribution in [0.1, 0.15) is 30.4 Å². The van der Waals surface area contributed by atoms with Crippen molar-refractivity contribution in [2.24, 2.45) is 0 Å². The largest absolute Gasteiger partial charge is 0.423 e. The van der Waals surface area contributed by atoms with E-state index >= 15 is 0 Å². The molecule has 0 aliphatic carbocycles. The van der Waals surface area contributed by atoms with Crippen LogP contribution in [0.25, 0.3) is 17.2 Å². The number of imidazole rings is 1. The number of pyridine rings is 1. The molecule has 4 aromatic heterocycles. The van der Waals surface area contributed by atoms with Gasteiger partial charge in [-0.2, -0.15) is 5.26 Å². The van der Waals surface area contributed by atoms with Crippen LogP contribution >= 0.6 is 0 Å². The molecule has 0 saturated carbocycles. The smallest absolute Gasteiger partial charge is 0.247 e. The summed E-state index contributed by atoms with van der Waals surface area (Å²) in [6.45, 7) is 4.96. The van der Waals surface area contributed by atoms with Crippen LogP contribution in [0.2, 0.25) is 0 Å². The summed E-state index contributed by atoms with van der Waals surface area (Å²) < 4.78 is 13.4. The van der Waals surface area contributed by atoms with Crippen molar-refractivity contribution >= 4 is 11.5 Å². The van der Waals surface area contributed by atoms with E-state index in [1.54, 1.807) is 37.6 Å². The minimum absolute atomic E-state index is 0.0386. The summed E-state index contributed by atoms with van der Waals surface area (Å²) in [5.74, 6) is 2.26. The summed E-state index contributed by atoms with van der Waals surface area (Å²) in [6, 6.07) is 7.54. The second kappa shape index (κ2) is 7.20. The van der Waals surface area contributed by atoms with Crippen molar-refractivity contribution in [3.63, 3.8) is 0 Å². The van der Waals surface area contributed by atoms with Crippen molar-refractivity contribution in [2.45, 2.75) is 26.1 Å². The first kappa shape index (κ1) is 18.2. The van der Waals surface area contributed by atoms with E-state index in [9.17, 15) is 5.26 Å². The van der Waals surface area contributed by atoms with Crippen LogP contribution in [-0.4, -0.2) is 48.7 Å². The first-order valence-corrected chi connectivity index (χ1v) is 9.52. The lowest BCUT2D eigenvalue weighted by molar-refractivity contribution is -0.0313. The molecule has 0 amide bonds. The highest BCUT2D eigenvalue weighted by molar-refractivity contribution is 5.59. The van der Waals surface area contributed by atoms with Gasteiger partial charge in [0.1, 0.15) is 23.2 Å². The van der Waals surface area contributed by atoms with E-state index in [0.29, 0.717) is 42.0 Å². The molecule has 10 nitrogen and oxygen atoms in total. The molecule has 0 aromatic carbocycles. The fraction of sp³-hybridized carbons (Fsp3) is 0.300. The van der Waals surface area contributed by atoms with Gasteiger partial charge in [-0.1, -0.05) is 0 Å². The number of nitrogens with zero attached hydrogens (tertiary/aromatic N) is 8. The molecule has 0 radical (unpaired) electrons. The minimum atomic E-state index is -0.331. The van der Waals surface area contributed by atoms with E-state index < -0.39 is 0 Å². The molecule has 0 bridgehead atoms. The van der Waals surface area contributed by atoms with E-state index in [-0.39, 0.29) is 12.2 Å². The molecular formula is C20H18N8O2. The zero-order valence-corrected chi connectivity index (χ0v) is 16.4. The molecule has 0 N–H and O–H groups in total. The average Bonchev–Trinajstić information content (AvgIpc) is 3.39. The summed E-state index contributed by atoms with van der Waals surface area (Å²) >= 11 is 0. The quantitative estimate of drug-likeness (QED) is 0.508. The Balaban J connectivity index is 1.48. The molecular weight excluding hydrogens is 384 g/mol. The molecule has 1 aliphatic heterocycles. The number of morpholine rings is 1. The number of hydrogen-bond donors (Lipinski definition) is 0. The van der Waals surface area contributed by atoms with Crippen molar-refractivity contribution in [1.82, 2.24) is 29.5 Å². The van der Waals surface area contributed by atoms with Gasteiger partial charge in [0, 0.05) is 25.9 Å². The number of hydrogen-bond acceptors (Lipinski definition) is 9. The normalized spacial score (nSPS) is 19.2. The van der Waals surface area contributed by atoms with E-state index in [1.165, 1.54) is 0 Å². The van der Waals surface area contributed by atoms with Crippen molar-refractivity contribution in [3.8, 4) is 17.6 Å². The second-order valence-electron chi connectivity index (χ2n) is 7.14. The Bertz CT molecular complexity index is 1260. The predicted molar refractivity (Wildman–Crippen MR) is 105 cm³/mol. The van der Waals surface area contributed by atoms with Crippen molar-refractivity contribution in [1.29, 1.82) is 5.26 Å². The highest BCUT2D eigenvalue weighted by atomic mass is 16.5. The molecule has 1 aliphatic rings. The number of fused-ring (bicyclic) bond motifs is 1. The predicted octanol–water partition coefficient (Wildman–Crippen LogP) is 2.32. The Kier molecular flexibility index (Phi) is 4.37. The molecule has 2 atom stereocenters. The van der Waals surface area contributed by atoms with Gasteiger partial charge in [0.2, 0.25) is 11.8 Å². The molecule has 0 unspecified atom stereocenters. The zero-order chi connectivity index (χ0) is 20.7. The Morgan fingerprint density at radius 3 is 2.87 bits per heavy atom. The Labute approximate surface area is 171 Å². The summed E-state index contributed by atoms with van der Waals surface area (Å²) in [5.41, 5.74) is 1.98. The van der Waals surface area contributed by atoms with Gasteiger partial charge in [-0.15, -0.1) is 10.2 Å². The Morgan fingerprint density at radius 2 is 2.07 bits per heavy atom. The van der Waals surface area contributed by atoms with Crippen LogP contribution in [0.4, 0.5) is 5.82 Å². The van der Waals surface area contributed by atoms with Crippen LogP contribution in [0, 0.1) is 18.3 Å². The van der Waals surface area contributed by atoms with E-state index in [4.69, 9.17) is 14.1 Å². The lowest BCUT2D eigenvalue weighted by atomic mass is 10.2. The van der Waals surface area contributed by atoms with Gasteiger partial charge in [0.05, 0.1) is 24.4 Å². The monoisotopic (exact) mass is 402 g/mol. The SMILES string of the molecule is Cc1nnc([C@@H]2CN(c3ccnc(-c4cnc5ccc(C#N)cn45)n3)C[C@H](C)O2)o1. The van der Waals surface area contributed by atoms with Crippen molar-refractivity contribution in [2.75, 3.05) is 18.0 Å². The molecule has 5 rings (SSSR count). The summed E-state index contributed by atoms with van der Waals surface area (Å²) in [6.07, 6.45) is 4.79. The fourth-order valence-corrected chi connectivity index (χ4v) is 3.58. The summed E-state index contributed by atoms with van der Waals surface area (Å²) in [4.78, 5) is 15.7. The summed E-state index contributed by atoms with van der Waals surface area (Å²) in [7, 11) is 0. The first-order chi connectivity index (χ1) is 14.6. The third-order valence-electron chi connectivity index (χ3n) is 4.91. The van der Waals surface area contributed by atoms with Crippen molar-refractivity contribution < 1.29 is 9.15 Å². The first-order valence-electron chi connectivity index (χ1n) is 9.52. The molecule has 0 spiro atoms. The average molecular weight is 402 g/mol. The Morgan fingerprint density at radius 1 is 1.17 bits per heavy atom. The van der Waals surface area contributed by atoms with Crippen molar-refractivity contribution in [3.05, 3.63) is 54.1 Å². The highest BCUT2D eigenvalue weighted by Crippen LogP contribution is 2.28. The maximum absolute atomic E-state index is 9.20. The molecule has 30 heavy (non-hydrogen) atoms. The van der Waals surface area contributed by atoms with Gasteiger partial charge >= 0.3 is 0 Å². The lowest BCUT2D eigenvalue weighted by Crippen LogP contribution is -2.43. The number of ether oxygens (including phenoxy) is 1. The van der Waals surface area contributed by atoms with Crippen LogP contribution < -0.4 is 4.90 Å². The molecule has 1 fully saturated rings. The van der Waals surface area contributed by atoms with Gasteiger partial charge in [-0.3, -0.25) is 4.40 Å². The lowest BCUT2D eigenvalue weighted by Gasteiger charge is -2.36. The number of aromatic nitrogens is 6. The van der Waals surface area contributed by atoms with Gasteiger partial charge in [0.15, 0.2) is 11.9 Å². The number of rotatable bonds is 3. The van der Waals surface area contributed by atoms with E-state index in [2.05, 4.69) is 31.1 Å². The second-order valence-corrected chi connectivity index (χ2v) is 7.14. The van der Waals surface area contributed by atoms with Crippen LogP contribution in [0.5, 0.6) is 0 Å². The standard InChI is InChI=1S/C20H18N8O2/c1-12-9-27(11-16(29-12)20-26-25-13(2)30-20)18-5-6-22-19(24-18)15-8-23-17-4-3-14(7-21)10-28(15)17/h3-6,8,10,12,16H,9,11H2,1-2H3/t12-,16-/m0/s1. The van der Waals surface area contributed by atoms with Gasteiger partial charge in [0.25, 0.3) is 0 Å². The molecule has 4 aromatic rings. The van der Waals surface area contributed by atoms with Crippen LogP contribution in [0.15, 0.2) is 41.2 Å². The highest BCUT2D eigenvalue weighted by Gasteiger charge is 2.31. The van der Waals surface area contributed by atoms with Gasteiger partial charge in [-0.25, -0.2) is 15.0 Å². The van der Waals surface area contributed by atoms with Crippen LogP contribution in [0.3, 0.4) is 0 Å². The number of anilines is 1. The zero-order valence-electron chi connectivity index (χ0n) is 16.4. The fourth-order valence-electron chi connectivity index (χ4n) is 3.58. The van der Waals surface area contributed by atoms with E-state index in [1.807, 2.05) is 17.4 Å². The van der Waals surface area contributed by atoms with Crippen LogP contribution in [-0.2, 0) is 4.74 Å². The van der Waals surface area contributed by atoms with Gasteiger partial charge in [-0.05, 0) is 25.1 Å². The molecule has 10 heteroatoms. The minimum Gasteiger partial charge on any atom is -0.423 e. The summed E-state index contributed by atoms with van der Waals surface area (Å²) in [5, 5.41) is 17.2. The van der Waals surface area contributed by atoms with Gasteiger partial charge < -0.3 is 14.1 Å².